The van der Waals surface area contributed by atoms with Gasteiger partial charge < -0.3 is 15.3 Å². The first-order chi connectivity index (χ1) is 10.6. The summed E-state index contributed by atoms with van der Waals surface area (Å²) in [5.74, 6) is -0.765. The lowest BCUT2D eigenvalue weighted by Gasteiger charge is -2.08. The summed E-state index contributed by atoms with van der Waals surface area (Å²) >= 11 is 0. The molecule has 0 saturated carbocycles. The van der Waals surface area contributed by atoms with Crippen LogP contribution in [0.1, 0.15) is 84.0 Å². The van der Waals surface area contributed by atoms with E-state index in [0.29, 0.717) is 12.8 Å². The Labute approximate surface area is 135 Å². The summed E-state index contributed by atoms with van der Waals surface area (Å²) in [5.41, 5.74) is 0. The number of rotatable bonds is 15. The number of hydrogen-bond donors (Lipinski definition) is 3. The smallest absolute Gasteiger partial charge is 0.303 e. The van der Waals surface area contributed by atoms with Gasteiger partial charge in [0.15, 0.2) is 0 Å². The van der Waals surface area contributed by atoms with Crippen molar-refractivity contribution in [1.82, 2.24) is 0 Å². The lowest BCUT2D eigenvalue weighted by Crippen LogP contribution is -2.07. The summed E-state index contributed by atoms with van der Waals surface area (Å²) in [7, 11) is 0. The number of carboxylic acids is 1. The first-order valence-electron chi connectivity index (χ1n) is 8.82. The molecule has 22 heavy (non-hydrogen) atoms. The number of carbonyl (C=O) groups is 1. The Balaban J connectivity index is 3.52. The summed E-state index contributed by atoms with van der Waals surface area (Å²) in [6, 6.07) is 0. The molecule has 0 aliphatic heterocycles. The molecule has 0 spiro atoms. The van der Waals surface area contributed by atoms with E-state index >= 15 is 0 Å². The van der Waals surface area contributed by atoms with E-state index in [1.807, 2.05) is 0 Å². The molecule has 0 saturated heterocycles. The van der Waals surface area contributed by atoms with Gasteiger partial charge in [-0.15, -0.1) is 0 Å². The molecule has 0 radical (unpaired) electrons. The van der Waals surface area contributed by atoms with Crippen LogP contribution in [0.5, 0.6) is 0 Å². The van der Waals surface area contributed by atoms with Crippen LogP contribution in [0.4, 0.5) is 0 Å². The quantitative estimate of drug-likeness (QED) is 0.315. The molecule has 0 aromatic carbocycles. The normalized spacial score (nSPS) is 14.3. The molecule has 0 amide bonds. The second kappa shape index (κ2) is 15.0. The third kappa shape index (κ3) is 15.5. The summed E-state index contributed by atoms with van der Waals surface area (Å²) in [6.07, 6.45) is 13.5. The van der Waals surface area contributed by atoms with Gasteiger partial charge in [0.05, 0.1) is 12.2 Å². The summed E-state index contributed by atoms with van der Waals surface area (Å²) in [4.78, 5) is 10.3. The number of aliphatic hydroxyl groups excluding tert-OH is 2. The molecule has 0 fully saturated rings. The Morgan fingerprint density at radius 1 is 0.818 bits per heavy atom. The van der Waals surface area contributed by atoms with Gasteiger partial charge in [-0.25, -0.2) is 0 Å². The number of aliphatic hydroxyl groups is 2. The van der Waals surface area contributed by atoms with E-state index in [1.54, 1.807) is 12.2 Å². The van der Waals surface area contributed by atoms with Gasteiger partial charge in [-0.05, 0) is 19.3 Å². The highest BCUT2D eigenvalue weighted by Crippen LogP contribution is 2.11. The fourth-order valence-corrected chi connectivity index (χ4v) is 2.39. The summed E-state index contributed by atoms with van der Waals surface area (Å²) in [5, 5.41) is 28.1. The molecule has 2 atom stereocenters. The molecule has 2 unspecified atom stereocenters. The zero-order valence-corrected chi connectivity index (χ0v) is 14.0. The third-order valence-corrected chi connectivity index (χ3v) is 3.80. The molecule has 0 bridgehead atoms. The van der Waals surface area contributed by atoms with Crippen LogP contribution in [0.3, 0.4) is 0 Å². The van der Waals surface area contributed by atoms with Crippen molar-refractivity contribution >= 4 is 5.97 Å². The highest BCUT2D eigenvalue weighted by atomic mass is 16.4. The molecule has 0 heterocycles. The van der Waals surface area contributed by atoms with Crippen molar-refractivity contribution in [3.63, 3.8) is 0 Å². The minimum absolute atomic E-state index is 0.197. The van der Waals surface area contributed by atoms with Gasteiger partial charge in [0.2, 0.25) is 0 Å². The molecule has 0 aliphatic rings. The van der Waals surface area contributed by atoms with Gasteiger partial charge in [0.25, 0.3) is 0 Å². The number of hydrogen-bond acceptors (Lipinski definition) is 3. The summed E-state index contributed by atoms with van der Waals surface area (Å²) in [6.45, 7) is 2.20. The van der Waals surface area contributed by atoms with Crippen molar-refractivity contribution in [2.75, 3.05) is 0 Å². The van der Waals surface area contributed by atoms with Crippen molar-refractivity contribution in [2.24, 2.45) is 0 Å². The van der Waals surface area contributed by atoms with Crippen LogP contribution in [0, 0.1) is 0 Å². The number of carboxylic acid groups (broad SMARTS) is 1. The van der Waals surface area contributed by atoms with Crippen LogP contribution in [-0.2, 0) is 4.79 Å². The van der Waals surface area contributed by atoms with E-state index in [0.717, 1.165) is 32.1 Å². The van der Waals surface area contributed by atoms with E-state index < -0.39 is 18.2 Å². The Kier molecular flexibility index (Phi) is 14.4. The maximum Gasteiger partial charge on any atom is 0.303 e. The first kappa shape index (κ1) is 21.1. The largest absolute Gasteiger partial charge is 0.481 e. The van der Waals surface area contributed by atoms with Crippen molar-refractivity contribution in [3.8, 4) is 0 Å². The van der Waals surface area contributed by atoms with Crippen LogP contribution >= 0.6 is 0 Å². The Morgan fingerprint density at radius 3 is 1.77 bits per heavy atom. The van der Waals surface area contributed by atoms with E-state index in [1.165, 1.54) is 25.7 Å². The van der Waals surface area contributed by atoms with Crippen LogP contribution in [0.2, 0.25) is 0 Å². The van der Waals surface area contributed by atoms with Gasteiger partial charge in [0, 0.05) is 6.42 Å². The minimum Gasteiger partial charge on any atom is -0.481 e. The standard InChI is InChI=1S/C18H34O4/c1-2-3-4-5-6-8-11-16(19)14-15-17(20)12-9-7-10-13-18(21)22/h14-17,19-20H,2-13H2,1H3,(H,21,22). The molecule has 3 N–H and O–H groups in total. The second-order valence-electron chi connectivity index (χ2n) is 6.07. The lowest BCUT2D eigenvalue weighted by atomic mass is 10.1. The van der Waals surface area contributed by atoms with Crippen LogP contribution in [-0.4, -0.2) is 33.5 Å². The highest BCUT2D eigenvalue weighted by Gasteiger charge is 2.03. The molecule has 0 rings (SSSR count). The van der Waals surface area contributed by atoms with Gasteiger partial charge in [-0.1, -0.05) is 70.4 Å². The molecule has 0 aliphatic carbocycles. The summed E-state index contributed by atoms with van der Waals surface area (Å²) < 4.78 is 0. The van der Waals surface area contributed by atoms with E-state index in [4.69, 9.17) is 5.11 Å². The fraction of sp³-hybridized carbons (Fsp3) is 0.833. The zero-order valence-electron chi connectivity index (χ0n) is 14.0. The maximum absolute atomic E-state index is 10.3. The van der Waals surface area contributed by atoms with Crippen LogP contribution in [0.15, 0.2) is 12.2 Å². The van der Waals surface area contributed by atoms with E-state index in [-0.39, 0.29) is 6.42 Å². The van der Waals surface area contributed by atoms with Crippen molar-refractivity contribution < 1.29 is 20.1 Å². The first-order valence-corrected chi connectivity index (χ1v) is 8.82. The van der Waals surface area contributed by atoms with Crippen molar-refractivity contribution in [3.05, 3.63) is 12.2 Å². The molecular formula is C18H34O4. The van der Waals surface area contributed by atoms with Crippen molar-refractivity contribution in [2.45, 2.75) is 96.2 Å². The van der Waals surface area contributed by atoms with Gasteiger partial charge in [-0.3, -0.25) is 4.79 Å². The molecular weight excluding hydrogens is 280 g/mol. The predicted octanol–water partition coefficient (Wildman–Crippen LogP) is 4.05. The zero-order chi connectivity index (χ0) is 16.6. The average molecular weight is 314 g/mol. The van der Waals surface area contributed by atoms with Gasteiger partial charge >= 0.3 is 5.97 Å². The third-order valence-electron chi connectivity index (χ3n) is 3.80. The van der Waals surface area contributed by atoms with Crippen LogP contribution < -0.4 is 0 Å². The molecule has 4 nitrogen and oxygen atoms in total. The second-order valence-corrected chi connectivity index (χ2v) is 6.07. The monoisotopic (exact) mass is 314 g/mol. The number of aliphatic carboxylic acids is 1. The molecule has 0 aromatic heterocycles. The van der Waals surface area contributed by atoms with E-state index in [9.17, 15) is 15.0 Å². The average Bonchev–Trinajstić information content (AvgIpc) is 2.48. The highest BCUT2D eigenvalue weighted by molar-refractivity contribution is 5.66. The Morgan fingerprint density at radius 2 is 1.27 bits per heavy atom. The fourth-order valence-electron chi connectivity index (χ4n) is 2.39. The van der Waals surface area contributed by atoms with E-state index in [2.05, 4.69) is 6.92 Å². The van der Waals surface area contributed by atoms with Gasteiger partial charge in [-0.2, -0.15) is 0 Å². The topological polar surface area (TPSA) is 77.8 Å². The van der Waals surface area contributed by atoms with Crippen molar-refractivity contribution in [1.29, 1.82) is 0 Å². The molecule has 130 valence electrons. The lowest BCUT2D eigenvalue weighted by molar-refractivity contribution is -0.137. The molecule has 4 heteroatoms. The predicted molar refractivity (Wildman–Crippen MR) is 89.9 cm³/mol. The van der Waals surface area contributed by atoms with Gasteiger partial charge in [0.1, 0.15) is 0 Å². The Bertz CT molecular complexity index is 289. The minimum atomic E-state index is -0.765. The maximum atomic E-state index is 10.3. The number of unbranched alkanes of at least 4 members (excludes halogenated alkanes) is 7. The molecule has 0 aromatic rings. The van der Waals surface area contributed by atoms with Crippen LogP contribution in [0.25, 0.3) is 0 Å². The Hall–Kier alpha value is -0.870. The SMILES string of the molecule is CCCCCCCCC(O)C=CC(O)CCCCCC(=O)O.